The smallest absolute Gasteiger partial charge is 0.261 e. The molecule has 0 saturated heterocycles. The van der Waals surface area contributed by atoms with E-state index in [2.05, 4.69) is 5.32 Å². The molecule has 2 unspecified atom stereocenters. The minimum atomic E-state index is -0.155. The summed E-state index contributed by atoms with van der Waals surface area (Å²) in [6.45, 7) is 3.24. The molecule has 1 saturated carbocycles. The van der Waals surface area contributed by atoms with E-state index in [1.54, 1.807) is 19.2 Å². The van der Waals surface area contributed by atoms with Crippen LogP contribution in [0.4, 0.5) is 0 Å². The summed E-state index contributed by atoms with van der Waals surface area (Å²) in [5, 5.41) is 3.60. The maximum atomic E-state index is 12.8. The fourth-order valence-corrected chi connectivity index (χ4v) is 4.48. The highest BCUT2D eigenvalue weighted by Crippen LogP contribution is 2.32. The quantitative estimate of drug-likeness (QED) is 0.706. The number of carbonyl (C=O) groups excluding carboxylic acids is 2. The van der Waals surface area contributed by atoms with Crippen LogP contribution in [0.3, 0.4) is 0 Å². The molecule has 0 radical (unpaired) electrons. The van der Waals surface area contributed by atoms with Crippen molar-refractivity contribution in [2.45, 2.75) is 51.2 Å². The molecule has 2 amide bonds. The summed E-state index contributed by atoms with van der Waals surface area (Å²) in [6.07, 6.45) is 3.66. The summed E-state index contributed by atoms with van der Waals surface area (Å²) >= 11 is 0. The van der Waals surface area contributed by atoms with Crippen LogP contribution in [0.5, 0.6) is 11.5 Å². The summed E-state index contributed by atoms with van der Waals surface area (Å²) < 4.78 is 11.0. The van der Waals surface area contributed by atoms with Crippen molar-refractivity contribution in [3.8, 4) is 11.5 Å². The molecule has 0 bridgehead atoms. The van der Waals surface area contributed by atoms with Gasteiger partial charge in [-0.2, -0.15) is 0 Å². The molecule has 2 aromatic rings. The monoisotopic (exact) mass is 408 g/mol. The number of fused-ring (bicyclic) bond motifs is 1. The third-order valence-electron chi connectivity index (χ3n) is 5.96. The van der Waals surface area contributed by atoms with Gasteiger partial charge in [0.1, 0.15) is 0 Å². The van der Waals surface area contributed by atoms with Crippen molar-refractivity contribution >= 4 is 11.8 Å². The maximum Gasteiger partial charge on any atom is 0.261 e. The lowest BCUT2D eigenvalue weighted by molar-refractivity contribution is 0.0533. The Labute approximate surface area is 177 Å². The Morgan fingerprint density at radius 3 is 2.43 bits per heavy atom. The van der Waals surface area contributed by atoms with E-state index >= 15 is 0 Å². The van der Waals surface area contributed by atoms with Crippen LogP contribution < -0.4 is 14.8 Å². The minimum absolute atomic E-state index is 0.0569. The molecule has 1 aliphatic heterocycles. The van der Waals surface area contributed by atoms with E-state index in [9.17, 15) is 9.59 Å². The number of ether oxygens (including phenoxy) is 2. The van der Waals surface area contributed by atoms with Crippen molar-refractivity contribution in [1.82, 2.24) is 10.2 Å². The van der Waals surface area contributed by atoms with E-state index < -0.39 is 0 Å². The number of imide groups is 1. The molecule has 4 rings (SSSR count). The number of benzene rings is 2. The first-order valence-electron chi connectivity index (χ1n) is 10.6. The van der Waals surface area contributed by atoms with Gasteiger partial charge < -0.3 is 14.8 Å². The number of methoxy groups -OCH3 is 1. The zero-order chi connectivity index (χ0) is 21.1. The Balaban J connectivity index is 1.40. The van der Waals surface area contributed by atoms with Crippen LogP contribution in [0.25, 0.3) is 0 Å². The molecule has 2 atom stereocenters. The zero-order valence-electron chi connectivity index (χ0n) is 17.5. The van der Waals surface area contributed by atoms with E-state index in [0.717, 1.165) is 42.7 Å². The van der Waals surface area contributed by atoms with Gasteiger partial charge in [-0.05, 0) is 62.4 Å². The van der Waals surface area contributed by atoms with Crippen molar-refractivity contribution in [2.75, 3.05) is 13.7 Å². The van der Waals surface area contributed by atoms with Crippen LogP contribution in [0, 0.1) is 0 Å². The van der Waals surface area contributed by atoms with Gasteiger partial charge in [0.15, 0.2) is 11.5 Å². The molecule has 2 aromatic carbocycles. The number of hydrogen-bond acceptors (Lipinski definition) is 5. The van der Waals surface area contributed by atoms with Crippen LogP contribution in [-0.4, -0.2) is 42.5 Å². The predicted molar refractivity (Wildman–Crippen MR) is 114 cm³/mol. The van der Waals surface area contributed by atoms with Crippen LogP contribution >= 0.6 is 0 Å². The van der Waals surface area contributed by atoms with Crippen LogP contribution in [0.15, 0.2) is 42.5 Å². The average Bonchev–Trinajstić information content (AvgIpc) is 3.04. The van der Waals surface area contributed by atoms with Gasteiger partial charge in [-0.25, -0.2) is 0 Å². The fraction of sp³-hybridized carbons (Fsp3) is 0.417. The summed E-state index contributed by atoms with van der Waals surface area (Å²) in [5.74, 6) is 1.16. The van der Waals surface area contributed by atoms with E-state index in [1.807, 2.05) is 37.3 Å². The van der Waals surface area contributed by atoms with E-state index in [1.165, 1.54) is 4.90 Å². The van der Waals surface area contributed by atoms with Crippen molar-refractivity contribution < 1.29 is 19.1 Å². The molecule has 6 heteroatoms. The Hall–Kier alpha value is -2.86. The van der Waals surface area contributed by atoms with E-state index in [-0.39, 0.29) is 23.9 Å². The molecule has 1 N–H and O–H groups in total. The van der Waals surface area contributed by atoms with Gasteiger partial charge in [0.25, 0.3) is 11.8 Å². The third kappa shape index (κ3) is 3.92. The molecule has 2 aliphatic rings. The lowest BCUT2D eigenvalue weighted by atomic mass is 9.89. The molecular formula is C24H28N2O4. The third-order valence-corrected chi connectivity index (χ3v) is 5.96. The SMILES string of the molecule is CCOc1ccc(CNC2CCCC(N3C(=O)c4ccccc4C3=O)C2)cc1OC. The average molecular weight is 408 g/mol. The van der Waals surface area contributed by atoms with Crippen molar-refractivity contribution in [3.63, 3.8) is 0 Å². The second-order valence-corrected chi connectivity index (χ2v) is 7.84. The first-order valence-corrected chi connectivity index (χ1v) is 10.6. The first kappa shape index (κ1) is 20.4. The Morgan fingerprint density at radius 1 is 1.03 bits per heavy atom. The summed E-state index contributed by atoms with van der Waals surface area (Å²) in [5.41, 5.74) is 2.16. The van der Waals surface area contributed by atoms with Gasteiger partial charge in [-0.1, -0.05) is 18.2 Å². The number of carbonyl (C=O) groups is 2. The standard InChI is InChI=1S/C24H28N2O4/c1-3-30-21-12-11-16(13-22(21)29-2)15-25-17-7-6-8-18(14-17)26-23(27)19-9-4-5-10-20(19)24(26)28/h4-5,9-13,17-18,25H,3,6-8,14-15H2,1-2H3. The molecule has 1 fully saturated rings. The van der Waals surface area contributed by atoms with Gasteiger partial charge >= 0.3 is 0 Å². The highest BCUT2D eigenvalue weighted by atomic mass is 16.5. The lowest BCUT2D eigenvalue weighted by Gasteiger charge is -2.34. The van der Waals surface area contributed by atoms with Gasteiger partial charge in [0.2, 0.25) is 0 Å². The molecule has 158 valence electrons. The molecule has 1 heterocycles. The van der Waals surface area contributed by atoms with Crippen LogP contribution in [0.1, 0.15) is 58.9 Å². The van der Waals surface area contributed by atoms with Crippen LogP contribution in [-0.2, 0) is 6.54 Å². The van der Waals surface area contributed by atoms with Gasteiger partial charge in [0, 0.05) is 18.6 Å². The Kier molecular flexibility index (Phi) is 6.04. The van der Waals surface area contributed by atoms with E-state index in [4.69, 9.17) is 9.47 Å². The van der Waals surface area contributed by atoms with E-state index in [0.29, 0.717) is 24.3 Å². The largest absolute Gasteiger partial charge is 0.493 e. The minimum Gasteiger partial charge on any atom is -0.493 e. The fourth-order valence-electron chi connectivity index (χ4n) is 4.48. The topological polar surface area (TPSA) is 67.9 Å². The second-order valence-electron chi connectivity index (χ2n) is 7.84. The number of nitrogens with zero attached hydrogens (tertiary/aromatic N) is 1. The van der Waals surface area contributed by atoms with Crippen LogP contribution in [0.2, 0.25) is 0 Å². The maximum absolute atomic E-state index is 12.8. The molecule has 6 nitrogen and oxygen atoms in total. The summed E-state index contributed by atoms with van der Waals surface area (Å²) in [7, 11) is 1.64. The first-order chi connectivity index (χ1) is 14.6. The Morgan fingerprint density at radius 2 is 1.77 bits per heavy atom. The molecule has 0 aromatic heterocycles. The summed E-state index contributed by atoms with van der Waals surface area (Å²) in [6, 6.07) is 13.3. The molecule has 0 spiro atoms. The lowest BCUT2D eigenvalue weighted by Crippen LogP contribution is -2.46. The highest BCUT2D eigenvalue weighted by molar-refractivity contribution is 6.21. The normalized spacial score (nSPS) is 20.9. The molecule has 1 aliphatic carbocycles. The van der Waals surface area contributed by atoms with Gasteiger partial charge in [0.05, 0.1) is 24.8 Å². The highest BCUT2D eigenvalue weighted by Gasteiger charge is 2.41. The Bertz CT molecular complexity index is 908. The predicted octanol–water partition coefficient (Wildman–Crippen LogP) is 3.79. The summed E-state index contributed by atoms with van der Waals surface area (Å²) in [4.78, 5) is 27.1. The zero-order valence-corrected chi connectivity index (χ0v) is 17.5. The number of amides is 2. The van der Waals surface area contributed by atoms with Crippen molar-refractivity contribution in [2.24, 2.45) is 0 Å². The van der Waals surface area contributed by atoms with Gasteiger partial charge in [-0.15, -0.1) is 0 Å². The number of rotatable bonds is 7. The number of nitrogens with one attached hydrogen (secondary N) is 1. The van der Waals surface area contributed by atoms with Crippen molar-refractivity contribution in [1.29, 1.82) is 0 Å². The molecular weight excluding hydrogens is 380 g/mol. The molecule has 30 heavy (non-hydrogen) atoms. The number of hydrogen-bond donors (Lipinski definition) is 1. The van der Waals surface area contributed by atoms with Crippen molar-refractivity contribution in [3.05, 3.63) is 59.2 Å². The van der Waals surface area contributed by atoms with Gasteiger partial charge in [-0.3, -0.25) is 14.5 Å². The second kappa shape index (κ2) is 8.88.